The number of hydrogen-bond donors (Lipinski definition) is 5. The summed E-state index contributed by atoms with van der Waals surface area (Å²) in [6, 6.07) is 11.4. The Morgan fingerprint density at radius 1 is 1.15 bits per heavy atom. The molecule has 5 N–H and O–H groups in total. The highest BCUT2D eigenvalue weighted by Crippen LogP contribution is 2.40. The van der Waals surface area contributed by atoms with E-state index >= 15 is 0 Å². The third-order valence-corrected chi connectivity index (χ3v) is 4.24. The van der Waals surface area contributed by atoms with Crippen LogP contribution in [0.4, 0.5) is 11.4 Å². The molecule has 2 aromatic carbocycles. The first-order valence-corrected chi connectivity index (χ1v) is 8.43. The molecule has 1 heterocycles. The smallest absolute Gasteiger partial charge is 0.195 e. The molecule has 138 valence electrons. The van der Waals surface area contributed by atoms with E-state index in [-0.39, 0.29) is 38.3 Å². The number of benzene rings is 2. The normalized spacial score (nSPS) is 15.8. The molecule has 26 heavy (non-hydrogen) atoms. The molecule has 1 atom stereocenters. The lowest BCUT2D eigenvalue weighted by molar-refractivity contribution is 0.103. The van der Waals surface area contributed by atoms with Gasteiger partial charge >= 0.3 is 0 Å². The highest BCUT2D eigenvalue weighted by molar-refractivity contribution is 6.13. The van der Waals surface area contributed by atoms with Gasteiger partial charge in [-0.25, -0.2) is 0 Å². The van der Waals surface area contributed by atoms with Crippen molar-refractivity contribution >= 4 is 17.2 Å². The first-order chi connectivity index (χ1) is 12.7. The molecule has 7 nitrogen and oxygen atoms in total. The van der Waals surface area contributed by atoms with Crippen molar-refractivity contribution in [2.75, 3.05) is 37.1 Å². The first kappa shape index (κ1) is 18.2. The molecule has 0 fully saturated rings. The summed E-state index contributed by atoms with van der Waals surface area (Å²) >= 11 is 0. The number of fused-ring (bicyclic) bond motifs is 1. The van der Waals surface area contributed by atoms with Crippen LogP contribution >= 0.6 is 0 Å². The maximum atomic E-state index is 12.9. The topological polar surface area (TPSA) is 111 Å². The van der Waals surface area contributed by atoms with Crippen LogP contribution in [0, 0.1) is 0 Å². The van der Waals surface area contributed by atoms with Gasteiger partial charge in [-0.3, -0.25) is 4.79 Å². The van der Waals surface area contributed by atoms with Crippen LogP contribution in [0.1, 0.15) is 15.9 Å². The zero-order chi connectivity index (χ0) is 18.5. The number of carbonyl (C=O) groups is 1. The minimum Gasteiger partial charge on any atom is -0.487 e. The summed E-state index contributed by atoms with van der Waals surface area (Å²) in [5.41, 5.74) is 2.02. The Hall–Kier alpha value is -2.61. The Labute approximate surface area is 151 Å². The molecule has 2 aromatic rings. The van der Waals surface area contributed by atoms with Gasteiger partial charge in [-0.05, 0) is 12.1 Å². The van der Waals surface area contributed by atoms with Gasteiger partial charge in [0.05, 0.1) is 43.3 Å². The van der Waals surface area contributed by atoms with Crippen molar-refractivity contribution in [2.45, 2.75) is 12.1 Å². The van der Waals surface area contributed by atoms with Gasteiger partial charge in [-0.1, -0.05) is 30.3 Å². The molecule has 0 radical (unpaired) electrons. The molecule has 0 saturated carbocycles. The SMILES string of the molecule is O=C(c1ccccc1)c1ccc(NC(CO)CO)c2c1N[C@H](CO)CO2. The van der Waals surface area contributed by atoms with Crippen LogP contribution in [0.15, 0.2) is 42.5 Å². The second-order valence-corrected chi connectivity index (χ2v) is 6.10. The molecule has 1 aliphatic heterocycles. The van der Waals surface area contributed by atoms with Gasteiger partial charge in [-0.2, -0.15) is 0 Å². The number of ketones is 1. The van der Waals surface area contributed by atoms with Crippen molar-refractivity contribution in [3.63, 3.8) is 0 Å². The minimum absolute atomic E-state index is 0.133. The van der Waals surface area contributed by atoms with Crippen LogP contribution < -0.4 is 15.4 Å². The van der Waals surface area contributed by atoms with Gasteiger partial charge in [0.25, 0.3) is 0 Å². The summed E-state index contributed by atoms with van der Waals surface area (Å²) in [6.07, 6.45) is 0. The number of aliphatic hydroxyl groups excluding tert-OH is 3. The number of anilines is 2. The summed E-state index contributed by atoms with van der Waals surface area (Å²) in [7, 11) is 0. The molecule has 0 amide bonds. The van der Waals surface area contributed by atoms with Gasteiger partial charge in [0, 0.05) is 11.1 Å². The molecule has 7 heteroatoms. The highest BCUT2D eigenvalue weighted by Gasteiger charge is 2.27. The van der Waals surface area contributed by atoms with Gasteiger partial charge in [0.15, 0.2) is 11.5 Å². The van der Waals surface area contributed by atoms with Crippen molar-refractivity contribution < 1.29 is 24.9 Å². The number of hydrogen-bond acceptors (Lipinski definition) is 7. The van der Waals surface area contributed by atoms with Crippen molar-refractivity contribution in [1.29, 1.82) is 0 Å². The fourth-order valence-corrected chi connectivity index (χ4v) is 2.82. The largest absolute Gasteiger partial charge is 0.487 e. The highest BCUT2D eigenvalue weighted by atomic mass is 16.5. The zero-order valence-corrected chi connectivity index (χ0v) is 14.2. The lowest BCUT2D eigenvalue weighted by Crippen LogP contribution is -2.36. The molecular formula is C19H22N2O5. The predicted molar refractivity (Wildman–Crippen MR) is 97.9 cm³/mol. The second kappa shape index (κ2) is 8.18. The van der Waals surface area contributed by atoms with Gasteiger partial charge in [-0.15, -0.1) is 0 Å². The number of carbonyl (C=O) groups excluding carboxylic acids is 1. The van der Waals surface area contributed by atoms with Crippen LogP contribution in [-0.4, -0.2) is 59.6 Å². The van der Waals surface area contributed by atoms with Crippen LogP contribution in [0.3, 0.4) is 0 Å². The molecule has 0 aromatic heterocycles. The second-order valence-electron chi connectivity index (χ2n) is 6.10. The van der Waals surface area contributed by atoms with E-state index in [2.05, 4.69) is 10.6 Å². The average Bonchev–Trinajstić information content (AvgIpc) is 2.71. The van der Waals surface area contributed by atoms with E-state index in [0.717, 1.165) is 0 Å². The summed E-state index contributed by atoms with van der Waals surface area (Å²) in [6.45, 7) is -0.388. The van der Waals surface area contributed by atoms with E-state index in [1.807, 2.05) is 6.07 Å². The minimum atomic E-state index is -0.547. The summed E-state index contributed by atoms with van der Waals surface area (Å²) in [4.78, 5) is 12.9. The van der Waals surface area contributed by atoms with Crippen LogP contribution in [0.25, 0.3) is 0 Å². The van der Waals surface area contributed by atoms with E-state index in [1.165, 1.54) is 0 Å². The molecule has 0 spiro atoms. The number of rotatable bonds is 7. The van der Waals surface area contributed by atoms with Crippen molar-refractivity contribution in [2.24, 2.45) is 0 Å². The standard InChI is InChI=1S/C19H22N2O5/c22-8-13(9-23)20-16-7-6-15(18(25)12-4-2-1-3-5-12)17-19(16)26-11-14(10-24)21-17/h1-7,13-14,20-24H,8-11H2/t14-/m1/s1. The van der Waals surface area contributed by atoms with Crippen LogP contribution in [0.2, 0.25) is 0 Å². The summed E-state index contributed by atoms with van der Waals surface area (Å²) in [5.74, 6) is 0.271. The van der Waals surface area contributed by atoms with Crippen molar-refractivity contribution in [1.82, 2.24) is 0 Å². The molecule has 0 unspecified atom stereocenters. The monoisotopic (exact) mass is 358 g/mol. The maximum absolute atomic E-state index is 12.9. The van der Waals surface area contributed by atoms with E-state index in [0.29, 0.717) is 28.3 Å². The summed E-state index contributed by atoms with van der Waals surface area (Å²) in [5, 5.41) is 34.2. The molecule has 3 rings (SSSR count). The van der Waals surface area contributed by atoms with Gasteiger partial charge in [0.1, 0.15) is 6.61 Å². The Morgan fingerprint density at radius 2 is 1.88 bits per heavy atom. The lowest BCUT2D eigenvalue weighted by atomic mass is 9.99. The Balaban J connectivity index is 2.02. The molecule has 0 saturated heterocycles. The molecule has 0 bridgehead atoms. The number of nitrogens with one attached hydrogen (secondary N) is 2. The Bertz CT molecular complexity index is 762. The van der Waals surface area contributed by atoms with Crippen molar-refractivity contribution in [3.05, 3.63) is 53.6 Å². The predicted octanol–water partition coefficient (Wildman–Crippen LogP) is 0.848. The maximum Gasteiger partial charge on any atom is 0.195 e. The first-order valence-electron chi connectivity index (χ1n) is 8.43. The van der Waals surface area contributed by atoms with Crippen LogP contribution in [0.5, 0.6) is 5.75 Å². The molecule has 1 aliphatic rings. The zero-order valence-electron chi connectivity index (χ0n) is 14.2. The van der Waals surface area contributed by atoms with Crippen LogP contribution in [-0.2, 0) is 0 Å². The van der Waals surface area contributed by atoms with Gasteiger partial charge in [0.2, 0.25) is 0 Å². The Morgan fingerprint density at radius 3 is 2.54 bits per heavy atom. The number of ether oxygens (including phenoxy) is 1. The van der Waals surface area contributed by atoms with Gasteiger partial charge < -0.3 is 30.7 Å². The third-order valence-electron chi connectivity index (χ3n) is 4.24. The number of aliphatic hydroxyl groups is 3. The molecular weight excluding hydrogens is 336 g/mol. The third kappa shape index (κ3) is 3.65. The van der Waals surface area contributed by atoms with E-state index in [1.54, 1.807) is 36.4 Å². The van der Waals surface area contributed by atoms with E-state index < -0.39 is 6.04 Å². The van der Waals surface area contributed by atoms with Crippen molar-refractivity contribution in [3.8, 4) is 5.75 Å². The fraction of sp³-hybridized carbons (Fsp3) is 0.316. The lowest BCUT2D eigenvalue weighted by Gasteiger charge is -2.30. The Kier molecular flexibility index (Phi) is 5.72. The quantitative estimate of drug-likeness (QED) is 0.467. The van der Waals surface area contributed by atoms with E-state index in [4.69, 9.17) is 4.74 Å². The van der Waals surface area contributed by atoms with E-state index in [9.17, 15) is 20.1 Å². The average molecular weight is 358 g/mol. The summed E-state index contributed by atoms with van der Waals surface area (Å²) < 4.78 is 5.77. The molecule has 0 aliphatic carbocycles. The fourth-order valence-electron chi connectivity index (χ4n) is 2.82.